The van der Waals surface area contributed by atoms with E-state index in [0.29, 0.717) is 30.6 Å². The molecule has 1 aliphatic carbocycles. The van der Waals surface area contributed by atoms with Gasteiger partial charge in [0, 0.05) is 6.20 Å². The topological polar surface area (TPSA) is 97.0 Å². The molecule has 1 saturated carbocycles. The average molecular weight is 449 g/mol. The number of esters is 1. The second kappa shape index (κ2) is 9.79. The molecule has 0 saturated heterocycles. The van der Waals surface area contributed by atoms with Gasteiger partial charge in [-0.05, 0) is 29.9 Å². The number of nitrogens with one attached hydrogen (secondary N) is 1. The number of nitrogens with zero attached hydrogens (tertiary/aromatic N) is 3. The van der Waals surface area contributed by atoms with Gasteiger partial charge in [0.2, 0.25) is 0 Å². The molecule has 3 aromatic rings. The van der Waals surface area contributed by atoms with Gasteiger partial charge in [0.15, 0.2) is 6.61 Å². The van der Waals surface area contributed by atoms with E-state index in [9.17, 15) is 14.9 Å². The normalized spacial score (nSPS) is 15.0. The Morgan fingerprint density at radius 3 is 2.62 bits per heavy atom. The quantitative estimate of drug-likeness (QED) is 0.548. The van der Waals surface area contributed by atoms with Crippen LogP contribution in [0.15, 0.2) is 54.0 Å². The van der Waals surface area contributed by atoms with E-state index >= 15 is 0 Å². The highest BCUT2D eigenvalue weighted by atomic mass is 32.1. The first-order valence-corrected chi connectivity index (χ1v) is 11.5. The second-order valence-corrected chi connectivity index (χ2v) is 8.88. The van der Waals surface area contributed by atoms with E-state index in [1.165, 1.54) is 11.3 Å². The number of benzene rings is 1. The number of ether oxygens (including phenoxy) is 1. The molecule has 8 heteroatoms. The third kappa shape index (κ3) is 5.06. The van der Waals surface area contributed by atoms with Crippen molar-refractivity contribution in [1.82, 2.24) is 15.1 Å². The van der Waals surface area contributed by atoms with Crippen LogP contribution in [0.2, 0.25) is 0 Å². The van der Waals surface area contributed by atoms with Crippen LogP contribution in [-0.4, -0.2) is 33.8 Å². The average Bonchev–Trinajstić information content (AvgIpc) is 3.49. The van der Waals surface area contributed by atoms with Gasteiger partial charge in [-0.15, -0.1) is 11.3 Å². The van der Waals surface area contributed by atoms with E-state index in [4.69, 9.17) is 4.74 Å². The molecule has 0 spiro atoms. The van der Waals surface area contributed by atoms with Crippen LogP contribution in [0.4, 0.5) is 0 Å². The van der Waals surface area contributed by atoms with Crippen molar-refractivity contribution in [3.63, 3.8) is 0 Å². The van der Waals surface area contributed by atoms with Gasteiger partial charge in [-0.1, -0.05) is 55.7 Å². The molecule has 32 heavy (non-hydrogen) atoms. The lowest BCUT2D eigenvalue weighted by Gasteiger charge is -2.31. The molecular weight excluding hydrogens is 424 g/mol. The summed E-state index contributed by atoms with van der Waals surface area (Å²) in [5.74, 6) is -1.08. The van der Waals surface area contributed by atoms with Crippen LogP contribution < -0.4 is 5.32 Å². The van der Waals surface area contributed by atoms with Gasteiger partial charge >= 0.3 is 5.97 Å². The smallest absolute Gasteiger partial charge is 0.342 e. The maximum atomic E-state index is 12.9. The van der Waals surface area contributed by atoms with Gasteiger partial charge in [0.05, 0.1) is 17.5 Å². The Balaban J connectivity index is 1.46. The zero-order chi connectivity index (χ0) is 22.4. The molecule has 1 aromatic carbocycles. The number of hydrogen-bond acceptors (Lipinski definition) is 6. The second-order valence-electron chi connectivity index (χ2n) is 7.93. The summed E-state index contributed by atoms with van der Waals surface area (Å²) in [6.07, 6.45) is 5.76. The van der Waals surface area contributed by atoms with Crippen LogP contribution in [0, 0.1) is 11.3 Å². The summed E-state index contributed by atoms with van der Waals surface area (Å²) < 4.78 is 7.02. The fourth-order valence-corrected chi connectivity index (χ4v) is 4.67. The minimum atomic E-state index is -0.857. The Labute approximate surface area is 190 Å². The fourth-order valence-electron chi connectivity index (χ4n) is 3.95. The Bertz CT molecular complexity index is 1110. The molecule has 0 aliphatic heterocycles. The highest BCUT2D eigenvalue weighted by Gasteiger charge is 2.34. The molecule has 1 N–H and O–H groups in total. The molecule has 1 amide bonds. The van der Waals surface area contributed by atoms with E-state index in [2.05, 4.69) is 16.5 Å². The number of nitriles is 1. The largest absolute Gasteiger partial charge is 0.452 e. The van der Waals surface area contributed by atoms with Crippen molar-refractivity contribution in [3.8, 4) is 16.6 Å². The summed E-state index contributed by atoms with van der Waals surface area (Å²) in [4.78, 5) is 26.1. The number of carbonyl (C=O) groups excluding carboxylic acids is 2. The van der Waals surface area contributed by atoms with Crippen molar-refractivity contribution in [2.45, 2.75) is 44.2 Å². The first kappa shape index (κ1) is 21.8. The summed E-state index contributed by atoms with van der Waals surface area (Å²) in [6.45, 7) is 0.0771. The van der Waals surface area contributed by atoms with E-state index < -0.39 is 24.0 Å². The van der Waals surface area contributed by atoms with Crippen molar-refractivity contribution in [3.05, 3.63) is 65.2 Å². The molecule has 4 rings (SSSR count). The van der Waals surface area contributed by atoms with Gasteiger partial charge in [0.25, 0.3) is 5.91 Å². The predicted octanol–water partition coefficient (Wildman–Crippen LogP) is 4.16. The minimum absolute atomic E-state index is 0.309. The zero-order valence-electron chi connectivity index (χ0n) is 17.6. The van der Waals surface area contributed by atoms with Gasteiger partial charge in [-0.2, -0.15) is 10.4 Å². The summed E-state index contributed by atoms with van der Waals surface area (Å²) >= 11 is 1.48. The lowest BCUT2D eigenvalue weighted by atomic mass is 9.83. The molecular formula is C24H24N4O3S. The molecule has 0 bridgehead atoms. The third-order valence-electron chi connectivity index (χ3n) is 5.56. The molecule has 2 aromatic heterocycles. The maximum absolute atomic E-state index is 12.9. The van der Waals surface area contributed by atoms with Crippen LogP contribution in [0.25, 0.3) is 10.6 Å². The van der Waals surface area contributed by atoms with E-state index in [1.807, 2.05) is 47.8 Å². The van der Waals surface area contributed by atoms with Crippen LogP contribution in [-0.2, 0) is 16.1 Å². The van der Waals surface area contributed by atoms with Crippen molar-refractivity contribution in [2.75, 3.05) is 6.61 Å². The van der Waals surface area contributed by atoms with Crippen LogP contribution in [0.1, 0.15) is 48.0 Å². The highest BCUT2D eigenvalue weighted by Crippen LogP contribution is 2.28. The zero-order valence-corrected chi connectivity index (χ0v) is 18.4. The lowest BCUT2D eigenvalue weighted by molar-refractivity contribution is -0.125. The Morgan fingerprint density at radius 2 is 1.94 bits per heavy atom. The van der Waals surface area contributed by atoms with Crippen molar-refractivity contribution >= 4 is 23.2 Å². The first-order chi connectivity index (χ1) is 15.6. The lowest BCUT2D eigenvalue weighted by Crippen LogP contribution is -2.50. The van der Waals surface area contributed by atoms with Crippen LogP contribution in [0.3, 0.4) is 0 Å². The molecule has 2 heterocycles. The van der Waals surface area contributed by atoms with E-state index in [-0.39, 0.29) is 0 Å². The Morgan fingerprint density at radius 1 is 1.16 bits per heavy atom. The number of thiophene rings is 1. The van der Waals surface area contributed by atoms with E-state index in [0.717, 1.165) is 29.7 Å². The number of carbonyl (C=O) groups is 2. The number of rotatable bonds is 7. The molecule has 164 valence electrons. The minimum Gasteiger partial charge on any atom is -0.452 e. The van der Waals surface area contributed by atoms with Crippen molar-refractivity contribution in [2.24, 2.45) is 0 Å². The molecule has 1 fully saturated rings. The van der Waals surface area contributed by atoms with Gasteiger partial charge < -0.3 is 10.1 Å². The predicted molar refractivity (Wildman–Crippen MR) is 121 cm³/mol. The third-order valence-corrected chi connectivity index (χ3v) is 6.43. The SMILES string of the molecule is N#CC1(NC(=O)COC(=O)c2cn(Cc3ccccc3)nc2-c2cccs2)CCCCC1. The monoisotopic (exact) mass is 448 g/mol. The summed E-state index contributed by atoms with van der Waals surface area (Å²) in [5.41, 5.74) is 1.04. The molecule has 0 unspecified atom stereocenters. The number of amides is 1. The fraction of sp³-hybridized carbons (Fsp3) is 0.333. The molecule has 7 nitrogen and oxygen atoms in total. The van der Waals surface area contributed by atoms with Crippen molar-refractivity contribution in [1.29, 1.82) is 5.26 Å². The van der Waals surface area contributed by atoms with E-state index in [1.54, 1.807) is 10.9 Å². The summed E-state index contributed by atoms with van der Waals surface area (Å²) in [6, 6.07) is 15.9. The van der Waals surface area contributed by atoms with Crippen LogP contribution in [0.5, 0.6) is 0 Å². The van der Waals surface area contributed by atoms with Crippen LogP contribution >= 0.6 is 11.3 Å². The molecule has 0 radical (unpaired) electrons. The highest BCUT2D eigenvalue weighted by molar-refractivity contribution is 7.13. The van der Waals surface area contributed by atoms with Gasteiger partial charge in [-0.25, -0.2) is 4.79 Å². The van der Waals surface area contributed by atoms with Crippen molar-refractivity contribution < 1.29 is 14.3 Å². The summed E-state index contributed by atoms with van der Waals surface area (Å²) in [5, 5.41) is 18.8. The maximum Gasteiger partial charge on any atom is 0.342 e. The standard InChI is InChI=1S/C24H24N4O3S/c25-17-24(11-5-2-6-12-24)26-21(29)16-31-23(30)19-15-28(14-18-8-3-1-4-9-18)27-22(19)20-10-7-13-32-20/h1,3-4,7-10,13,15H,2,5-6,11-12,14,16H2,(H,26,29). The molecule has 0 atom stereocenters. The Kier molecular flexibility index (Phi) is 6.66. The number of hydrogen-bond donors (Lipinski definition) is 1. The van der Waals surface area contributed by atoms with Gasteiger partial charge in [0.1, 0.15) is 16.8 Å². The Hall–Kier alpha value is -3.44. The molecule has 1 aliphatic rings. The first-order valence-electron chi connectivity index (χ1n) is 10.6. The number of aromatic nitrogens is 2. The summed E-state index contributed by atoms with van der Waals surface area (Å²) in [7, 11) is 0. The van der Waals surface area contributed by atoms with Gasteiger partial charge in [-0.3, -0.25) is 9.48 Å².